The Morgan fingerprint density at radius 3 is 1.69 bits per heavy atom. The Morgan fingerprint density at radius 1 is 0.400 bits per heavy atom. The number of anilines is 3. The minimum atomic E-state index is -0.448. The highest BCUT2D eigenvalue weighted by molar-refractivity contribution is 7.25. The number of nitrogens with zero attached hydrogens (tertiary/aromatic N) is 2. The molecule has 0 amide bonds. The van der Waals surface area contributed by atoms with E-state index < -0.39 is 5.41 Å². The highest BCUT2D eigenvalue weighted by Gasteiger charge is 2.43. The van der Waals surface area contributed by atoms with Crippen molar-refractivity contribution in [2.24, 2.45) is 0 Å². The summed E-state index contributed by atoms with van der Waals surface area (Å²) in [6, 6.07) is 87.4. The molecule has 1 unspecified atom stereocenters. The number of benzene rings is 10. The Labute approximate surface area is 382 Å². The summed E-state index contributed by atoms with van der Waals surface area (Å²) in [4.78, 5) is 2.49. The van der Waals surface area contributed by atoms with Crippen LogP contribution in [0.5, 0.6) is 0 Å². The molecule has 306 valence electrons. The van der Waals surface area contributed by atoms with Gasteiger partial charge in [0, 0.05) is 64.7 Å². The van der Waals surface area contributed by atoms with Crippen molar-refractivity contribution in [1.82, 2.24) is 4.57 Å². The molecule has 3 heteroatoms. The number of fused-ring (bicyclic) bond motifs is 10. The van der Waals surface area contributed by atoms with Crippen molar-refractivity contribution in [2.45, 2.75) is 12.3 Å². The van der Waals surface area contributed by atoms with Crippen LogP contribution in [0.4, 0.5) is 17.1 Å². The lowest BCUT2D eigenvalue weighted by Crippen LogP contribution is -2.23. The van der Waals surface area contributed by atoms with E-state index in [4.69, 9.17) is 0 Å². The fraction of sp³-hybridized carbons (Fsp3) is 0.0323. The third-order valence-corrected chi connectivity index (χ3v) is 15.0. The first kappa shape index (κ1) is 37.6. The van der Waals surface area contributed by atoms with E-state index >= 15 is 0 Å². The number of thiophene rings is 1. The number of para-hydroxylation sites is 2. The summed E-state index contributed by atoms with van der Waals surface area (Å²) in [6.07, 6.45) is 0. The Bertz CT molecular complexity index is 3720. The van der Waals surface area contributed by atoms with Crippen LogP contribution in [0.2, 0.25) is 0 Å². The van der Waals surface area contributed by atoms with Gasteiger partial charge in [0.1, 0.15) is 0 Å². The van der Waals surface area contributed by atoms with Crippen LogP contribution in [0.3, 0.4) is 0 Å². The monoisotopic (exact) mass is 846 g/mol. The second kappa shape index (κ2) is 14.8. The van der Waals surface area contributed by atoms with Crippen LogP contribution < -0.4 is 4.90 Å². The summed E-state index contributed by atoms with van der Waals surface area (Å²) in [5, 5.41) is 5.11. The maximum atomic E-state index is 2.50. The van der Waals surface area contributed by atoms with Crippen molar-refractivity contribution < 1.29 is 0 Å². The lowest BCUT2D eigenvalue weighted by molar-refractivity contribution is 0.714. The second-order valence-electron chi connectivity index (χ2n) is 17.4. The van der Waals surface area contributed by atoms with E-state index in [1.54, 1.807) is 0 Å². The Hall–Kier alpha value is -7.98. The molecule has 0 saturated carbocycles. The van der Waals surface area contributed by atoms with Gasteiger partial charge in [0.25, 0.3) is 0 Å². The van der Waals surface area contributed by atoms with Crippen molar-refractivity contribution in [3.05, 3.63) is 253 Å². The molecule has 0 bridgehead atoms. The first-order valence-electron chi connectivity index (χ1n) is 22.4. The third-order valence-electron chi connectivity index (χ3n) is 13.8. The molecule has 10 aromatic carbocycles. The average Bonchev–Trinajstić information content (AvgIpc) is 4.01. The summed E-state index contributed by atoms with van der Waals surface area (Å²) in [6.45, 7) is 2.44. The molecule has 12 aromatic rings. The molecular formula is C62H42N2S. The first-order valence-corrected chi connectivity index (χ1v) is 23.2. The quantitative estimate of drug-likeness (QED) is 0.155. The number of hydrogen-bond acceptors (Lipinski definition) is 2. The molecule has 1 atom stereocenters. The number of hydrogen-bond donors (Lipinski definition) is 0. The Balaban J connectivity index is 1.10. The topological polar surface area (TPSA) is 8.17 Å². The van der Waals surface area contributed by atoms with Crippen molar-refractivity contribution >= 4 is 70.4 Å². The minimum absolute atomic E-state index is 0.448. The van der Waals surface area contributed by atoms with Gasteiger partial charge in [-0.1, -0.05) is 170 Å². The van der Waals surface area contributed by atoms with Gasteiger partial charge in [-0.25, -0.2) is 0 Å². The van der Waals surface area contributed by atoms with Crippen molar-refractivity contribution in [1.29, 1.82) is 0 Å². The highest BCUT2D eigenvalue weighted by Crippen LogP contribution is 2.57. The maximum absolute atomic E-state index is 2.50. The fourth-order valence-electron chi connectivity index (χ4n) is 10.8. The van der Waals surface area contributed by atoms with E-state index in [0.29, 0.717) is 0 Å². The molecule has 1 aliphatic carbocycles. The van der Waals surface area contributed by atoms with Gasteiger partial charge >= 0.3 is 0 Å². The Kier molecular flexibility index (Phi) is 8.56. The molecule has 0 fully saturated rings. The van der Waals surface area contributed by atoms with Crippen LogP contribution in [0.25, 0.3) is 81.0 Å². The van der Waals surface area contributed by atoms with Gasteiger partial charge in [0.05, 0.1) is 11.0 Å². The summed E-state index contributed by atoms with van der Waals surface area (Å²) in [7, 11) is 0. The van der Waals surface area contributed by atoms with E-state index in [2.05, 4.69) is 253 Å². The van der Waals surface area contributed by atoms with E-state index in [-0.39, 0.29) is 0 Å². The maximum Gasteiger partial charge on any atom is 0.0622 e. The lowest BCUT2D eigenvalue weighted by Gasteiger charge is -2.31. The van der Waals surface area contributed by atoms with Gasteiger partial charge < -0.3 is 9.47 Å². The van der Waals surface area contributed by atoms with Crippen LogP contribution in [-0.4, -0.2) is 4.57 Å². The van der Waals surface area contributed by atoms with Crippen LogP contribution >= 0.6 is 11.3 Å². The molecule has 13 rings (SSSR count). The van der Waals surface area contributed by atoms with Gasteiger partial charge in [-0.2, -0.15) is 0 Å². The smallest absolute Gasteiger partial charge is 0.0622 e. The molecule has 2 aromatic heterocycles. The third kappa shape index (κ3) is 5.86. The van der Waals surface area contributed by atoms with Crippen LogP contribution in [0, 0.1) is 0 Å². The Morgan fingerprint density at radius 2 is 0.969 bits per heavy atom. The molecule has 65 heavy (non-hydrogen) atoms. The zero-order chi connectivity index (χ0) is 43.1. The number of rotatable bonds is 7. The highest BCUT2D eigenvalue weighted by atomic mass is 32.1. The largest absolute Gasteiger partial charge is 0.310 e. The van der Waals surface area contributed by atoms with Gasteiger partial charge in [0.15, 0.2) is 0 Å². The van der Waals surface area contributed by atoms with Gasteiger partial charge in [-0.15, -0.1) is 11.3 Å². The minimum Gasteiger partial charge on any atom is -0.310 e. The fourth-order valence-corrected chi connectivity index (χ4v) is 11.9. The zero-order valence-electron chi connectivity index (χ0n) is 35.8. The molecular weight excluding hydrogens is 805 g/mol. The van der Waals surface area contributed by atoms with Crippen LogP contribution in [0.15, 0.2) is 237 Å². The van der Waals surface area contributed by atoms with Crippen molar-refractivity contribution in [3.63, 3.8) is 0 Å². The molecule has 1 aliphatic rings. The predicted octanol–water partition coefficient (Wildman–Crippen LogP) is 17.3. The molecule has 0 N–H and O–H groups in total. The van der Waals surface area contributed by atoms with E-state index in [1.165, 1.54) is 92.0 Å². The van der Waals surface area contributed by atoms with Crippen molar-refractivity contribution in [3.8, 4) is 39.1 Å². The standard InChI is InChI=1S/C62H42N2S/c1-62(45-22-10-4-11-23-45)55-35-34-53-50-26-14-16-28-57(50)64(46-24-12-5-13-25-46)61(53)60(55)54-33-31-47(39-56(54)62)63(48-30-32-52-51-27-15-17-29-58(51)65-59(52)40-48)49-37-43(41-18-6-2-7-19-41)36-44(38-49)42-20-8-3-9-21-42/h2-40H,1H3. The van der Waals surface area contributed by atoms with Gasteiger partial charge in [0.2, 0.25) is 0 Å². The van der Waals surface area contributed by atoms with Gasteiger partial charge in [-0.3, -0.25) is 0 Å². The molecule has 2 heterocycles. The summed E-state index contributed by atoms with van der Waals surface area (Å²) in [5.41, 5.74) is 17.7. The van der Waals surface area contributed by atoms with E-state index in [1.807, 2.05) is 11.3 Å². The average molecular weight is 847 g/mol. The van der Waals surface area contributed by atoms with E-state index in [0.717, 1.165) is 22.7 Å². The molecule has 0 aliphatic heterocycles. The molecule has 0 spiro atoms. The van der Waals surface area contributed by atoms with E-state index in [9.17, 15) is 0 Å². The SMILES string of the molecule is CC1(c2ccccc2)c2cc(N(c3cc(-c4ccccc4)cc(-c4ccccc4)c3)c3ccc4c(c3)sc3ccccc34)ccc2-c2c1ccc1c3ccccc3n(-c3ccccc3)c21. The van der Waals surface area contributed by atoms with Gasteiger partial charge in [-0.05, 0) is 118 Å². The van der Waals surface area contributed by atoms with Crippen LogP contribution in [-0.2, 0) is 5.41 Å². The molecule has 0 radical (unpaired) electrons. The molecule has 2 nitrogen and oxygen atoms in total. The summed E-state index contributed by atoms with van der Waals surface area (Å²) < 4.78 is 5.07. The normalized spacial score (nSPS) is 14.3. The number of aromatic nitrogens is 1. The molecule has 0 saturated heterocycles. The first-order chi connectivity index (χ1) is 32.1. The van der Waals surface area contributed by atoms with Crippen LogP contribution in [0.1, 0.15) is 23.6 Å². The summed E-state index contributed by atoms with van der Waals surface area (Å²) >= 11 is 1.87. The second-order valence-corrected chi connectivity index (χ2v) is 18.5. The zero-order valence-corrected chi connectivity index (χ0v) is 36.6. The predicted molar refractivity (Wildman–Crippen MR) is 277 cm³/mol. The van der Waals surface area contributed by atoms with Crippen molar-refractivity contribution in [2.75, 3.05) is 4.90 Å². The summed E-state index contributed by atoms with van der Waals surface area (Å²) in [5.74, 6) is 0. The lowest BCUT2D eigenvalue weighted by atomic mass is 9.74.